The highest BCUT2D eigenvalue weighted by molar-refractivity contribution is 8.00. The van der Waals surface area contributed by atoms with Crippen molar-refractivity contribution in [3.05, 3.63) is 116 Å². The first-order valence-corrected chi connectivity index (χ1v) is 15.2. The number of aromatic nitrogens is 5. The molecule has 0 saturated carbocycles. The molecule has 0 atom stereocenters. The Bertz CT molecular complexity index is 2120. The molecule has 13 heteroatoms. The summed E-state index contributed by atoms with van der Waals surface area (Å²) in [4.78, 5) is 32.0. The molecule has 10 nitrogen and oxygen atoms in total. The number of ether oxygens (including phenoxy) is 1. The van der Waals surface area contributed by atoms with E-state index >= 15 is 0 Å². The minimum Gasteiger partial charge on any atom is -0.497 e. The second kappa shape index (κ2) is 12.0. The van der Waals surface area contributed by atoms with Crippen LogP contribution in [0.2, 0.25) is 5.02 Å². The van der Waals surface area contributed by atoms with E-state index in [1.165, 1.54) is 33.6 Å². The maximum Gasteiger partial charge on any atom is 0.267 e. The molecule has 4 aromatic heterocycles. The van der Waals surface area contributed by atoms with Gasteiger partial charge in [0.1, 0.15) is 22.5 Å². The number of hydrogen-bond donors (Lipinski definition) is 2. The lowest BCUT2D eigenvalue weighted by Gasteiger charge is -2.15. The van der Waals surface area contributed by atoms with Crippen molar-refractivity contribution in [3.63, 3.8) is 0 Å². The molecule has 6 rings (SSSR count). The van der Waals surface area contributed by atoms with Crippen LogP contribution in [0, 0.1) is 12.3 Å². The highest BCUT2D eigenvalue weighted by atomic mass is 35.5. The number of carbonyl (C=O) groups is 1. The fourth-order valence-corrected chi connectivity index (χ4v) is 6.61. The number of fused-ring (bicyclic) bond motifs is 2. The molecule has 0 aliphatic carbocycles. The second-order valence-electron chi connectivity index (χ2n) is 9.59. The van der Waals surface area contributed by atoms with E-state index in [1.807, 2.05) is 61.5 Å². The molecular formula is C30H24ClN7O3S2. The van der Waals surface area contributed by atoms with E-state index in [2.05, 4.69) is 15.5 Å². The molecular weight excluding hydrogens is 606 g/mol. The summed E-state index contributed by atoms with van der Waals surface area (Å²) in [7, 11) is 1.59. The zero-order chi connectivity index (χ0) is 30.1. The first-order valence-electron chi connectivity index (χ1n) is 13.1. The number of benzene rings is 2. The van der Waals surface area contributed by atoms with Crippen molar-refractivity contribution < 1.29 is 9.53 Å². The van der Waals surface area contributed by atoms with Crippen LogP contribution in [0.15, 0.2) is 82.1 Å². The van der Waals surface area contributed by atoms with Crippen LogP contribution >= 0.6 is 34.7 Å². The van der Waals surface area contributed by atoms with Gasteiger partial charge in [0.25, 0.3) is 11.5 Å². The van der Waals surface area contributed by atoms with Crippen LogP contribution in [-0.2, 0) is 12.3 Å². The lowest BCUT2D eigenvalue weighted by atomic mass is 10.1. The molecule has 0 aliphatic heterocycles. The van der Waals surface area contributed by atoms with Crippen LogP contribution in [0.1, 0.15) is 27.0 Å². The van der Waals surface area contributed by atoms with E-state index in [9.17, 15) is 9.59 Å². The van der Waals surface area contributed by atoms with E-state index in [0.717, 1.165) is 16.7 Å². The molecule has 0 saturated heterocycles. The van der Waals surface area contributed by atoms with Crippen LogP contribution in [0.5, 0.6) is 5.75 Å². The number of anilines is 1. The molecule has 0 unspecified atom stereocenters. The van der Waals surface area contributed by atoms with Crippen molar-refractivity contribution in [1.29, 1.82) is 5.41 Å². The smallest absolute Gasteiger partial charge is 0.267 e. The number of nitrogens with zero attached hydrogens (tertiary/aromatic N) is 5. The van der Waals surface area contributed by atoms with Crippen molar-refractivity contribution >= 4 is 62.4 Å². The molecule has 0 fully saturated rings. The summed E-state index contributed by atoms with van der Waals surface area (Å²) >= 11 is 8.93. The van der Waals surface area contributed by atoms with Gasteiger partial charge in [-0.25, -0.2) is 4.98 Å². The minimum atomic E-state index is -0.581. The summed E-state index contributed by atoms with van der Waals surface area (Å²) in [5, 5.41) is 21.2. The minimum absolute atomic E-state index is 0.00739. The number of thioether (sulfide) groups is 1. The van der Waals surface area contributed by atoms with E-state index in [4.69, 9.17) is 26.7 Å². The third kappa shape index (κ3) is 5.76. The Morgan fingerprint density at radius 3 is 2.65 bits per heavy atom. The second-order valence-corrected chi connectivity index (χ2v) is 12.2. The monoisotopic (exact) mass is 629 g/mol. The normalized spacial score (nSPS) is 11.2. The average molecular weight is 630 g/mol. The highest BCUT2D eigenvalue weighted by Crippen LogP contribution is 2.30. The van der Waals surface area contributed by atoms with Crippen molar-refractivity contribution in [1.82, 2.24) is 24.1 Å². The van der Waals surface area contributed by atoms with Gasteiger partial charge in [-0.1, -0.05) is 71.1 Å². The Morgan fingerprint density at radius 2 is 1.88 bits per heavy atom. The number of methoxy groups -OCH3 is 1. The summed E-state index contributed by atoms with van der Waals surface area (Å²) in [6.07, 6.45) is 1.64. The van der Waals surface area contributed by atoms with E-state index in [0.29, 0.717) is 32.2 Å². The van der Waals surface area contributed by atoms with Crippen molar-refractivity contribution in [2.75, 3.05) is 12.4 Å². The van der Waals surface area contributed by atoms with Crippen molar-refractivity contribution in [2.24, 2.45) is 0 Å². The molecule has 43 heavy (non-hydrogen) atoms. The first kappa shape index (κ1) is 28.6. The summed E-state index contributed by atoms with van der Waals surface area (Å²) < 4.78 is 8.95. The van der Waals surface area contributed by atoms with Gasteiger partial charge >= 0.3 is 0 Å². The SMILES string of the molecule is COc1ccc(Cn2c(=N)c(C(=O)Nc3nnc(SCc4ccccc4Cl)s3)cc3c(=O)n4cccc(C)c4nc32)cc1. The zero-order valence-corrected chi connectivity index (χ0v) is 25.4. The van der Waals surface area contributed by atoms with Gasteiger partial charge < -0.3 is 9.30 Å². The molecule has 0 bridgehead atoms. The quantitative estimate of drug-likeness (QED) is 0.128. The Labute approximate surface area is 258 Å². The van der Waals surface area contributed by atoms with Crippen molar-refractivity contribution in [3.8, 4) is 5.75 Å². The van der Waals surface area contributed by atoms with Gasteiger partial charge in [-0.3, -0.25) is 24.7 Å². The number of carbonyl (C=O) groups excluding carboxylic acids is 1. The lowest BCUT2D eigenvalue weighted by Crippen LogP contribution is -2.32. The average Bonchev–Trinajstić information content (AvgIpc) is 3.46. The Balaban J connectivity index is 1.37. The number of pyridine rings is 2. The van der Waals surface area contributed by atoms with Crippen LogP contribution in [0.3, 0.4) is 0 Å². The number of rotatable bonds is 8. The standard InChI is InChI=1S/C30H24ClN7O3S2/c1-17-6-5-13-37-25(17)33-26-22(28(37)40)14-21(24(32)38(26)15-18-9-11-20(41-2)12-10-18)27(39)34-29-35-36-30(43-29)42-16-19-7-3-4-8-23(19)31/h3-14,32H,15-16H2,1-2H3,(H,34,35,39). The van der Waals surface area contributed by atoms with Gasteiger partial charge in [0.2, 0.25) is 5.13 Å². The van der Waals surface area contributed by atoms with E-state index in [1.54, 1.807) is 23.9 Å². The van der Waals surface area contributed by atoms with Crippen molar-refractivity contribution in [2.45, 2.75) is 23.6 Å². The van der Waals surface area contributed by atoms with Gasteiger partial charge in [0, 0.05) is 17.0 Å². The number of halogens is 1. The first-order chi connectivity index (χ1) is 20.8. The van der Waals surface area contributed by atoms with Crippen LogP contribution < -0.4 is 21.1 Å². The fourth-order valence-electron chi connectivity index (χ4n) is 4.58. The van der Waals surface area contributed by atoms with Gasteiger partial charge in [0.15, 0.2) is 4.34 Å². The molecule has 0 aliphatic rings. The van der Waals surface area contributed by atoms with Gasteiger partial charge in [-0.05, 0) is 53.9 Å². The van der Waals surface area contributed by atoms with Crippen LogP contribution in [0.25, 0.3) is 16.7 Å². The third-order valence-corrected chi connectivity index (χ3v) is 9.20. The van der Waals surface area contributed by atoms with Crippen LogP contribution in [0.4, 0.5) is 5.13 Å². The summed E-state index contributed by atoms with van der Waals surface area (Å²) in [5.41, 5.74) is 2.99. The molecule has 0 spiro atoms. The van der Waals surface area contributed by atoms with E-state index in [-0.39, 0.29) is 33.7 Å². The zero-order valence-electron chi connectivity index (χ0n) is 23.0. The van der Waals surface area contributed by atoms with E-state index < -0.39 is 5.91 Å². The molecule has 0 radical (unpaired) electrons. The fraction of sp³-hybridized carbons (Fsp3) is 0.133. The summed E-state index contributed by atoms with van der Waals surface area (Å²) in [5.74, 6) is 0.708. The number of nitrogens with one attached hydrogen (secondary N) is 2. The molecule has 2 N–H and O–H groups in total. The Kier molecular flexibility index (Phi) is 7.98. The largest absolute Gasteiger partial charge is 0.497 e. The number of amides is 1. The molecule has 1 amide bonds. The topological polar surface area (TPSA) is 127 Å². The maximum absolute atomic E-state index is 13.7. The number of aryl methyl sites for hydroxylation is 1. The third-order valence-electron chi connectivity index (χ3n) is 6.81. The van der Waals surface area contributed by atoms with Gasteiger partial charge in [-0.2, -0.15) is 0 Å². The van der Waals surface area contributed by atoms with Gasteiger partial charge in [-0.15, -0.1) is 10.2 Å². The molecule has 216 valence electrons. The van der Waals surface area contributed by atoms with Gasteiger partial charge in [0.05, 0.1) is 24.6 Å². The maximum atomic E-state index is 13.7. The summed E-state index contributed by atoms with van der Waals surface area (Å²) in [6.45, 7) is 2.07. The molecule has 6 aromatic rings. The Morgan fingerprint density at radius 1 is 1.09 bits per heavy atom. The molecule has 4 heterocycles. The molecule has 2 aromatic carbocycles. The predicted octanol–water partition coefficient (Wildman–Crippen LogP) is 5.54. The summed E-state index contributed by atoms with van der Waals surface area (Å²) in [6, 6.07) is 20.0. The highest BCUT2D eigenvalue weighted by Gasteiger charge is 2.20. The number of hydrogen-bond acceptors (Lipinski definition) is 9. The van der Waals surface area contributed by atoms with Crippen LogP contribution in [-0.4, -0.2) is 37.2 Å². The lowest BCUT2D eigenvalue weighted by molar-refractivity contribution is 0.102. The Hall–Kier alpha value is -4.52. The predicted molar refractivity (Wildman–Crippen MR) is 169 cm³/mol.